The number of fused-ring (bicyclic) bond motifs is 1. The molecule has 0 fully saturated rings. The molecule has 0 aliphatic heterocycles. The summed E-state index contributed by atoms with van der Waals surface area (Å²) in [6.45, 7) is 3.14. The zero-order valence-corrected chi connectivity index (χ0v) is 22.6. The average molecular weight is 560 g/mol. The largest absolute Gasteiger partial charge is 0.496 e. The van der Waals surface area contributed by atoms with Crippen LogP contribution in [0.1, 0.15) is 16.8 Å². The summed E-state index contributed by atoms with van der Waals surface area (Å²) in [7, 11) is -2.93. The number of sulfone groups is 1. The number of aryl methyl sites for hydroxylation is 1. The lowest BCUT2D eigenvalue weighted by Gasteiger charge is -2.11. The van der Waals surface area contributed by atoms with Gasteiger partial charge in [0.1, 0.15) is 27.7 Å². The van der Waals surface area contributed by atoms with Crippen LogP contribution in [0.4, 0.5) is 0 Å². The normalized spacial score (nSPS) is 12.3. The Morgan fingerprint density at radius 1 is 1.08 bits per heavy atom. The summed E-state index contributed by atoms with van der Waals surface area (Å²) < 4.78 is 56.4. The van der Waals surface area contributed by atoms with Crippen LogP contribution in [0.15, 0.2) is 57.5 Å². The molecule has 0 aliphatic carbocycles. The third kappa shape index (κ3) is 5.20. The van der Waals surface area contributed by atoms with Gasteiger partial charge in [-0.05, 0) is 50.2 Å². The number of ether oxygens (including phenoxy) is 3. The fourth-order valence-corrected chi connectivity index (χ4v) is 6.57. The maximum atomic E-state index is 13.7. The summed E-state index contributed by atoms with van der Waals surface area (Å²) in [5.74, 6) is -0.190. The van der Waals surface area contributed by atoms with Crippen LogP contribution in [0.2, 0.25) is 0 Å². The molecule has 200 valence electrons. The quantitative estimate of drug-likeness (QED) is 0.296. The molecule has 4 rings (SSSR count). The molecule has 4 aromatic rings. The van der Waals surface area contributed by atoms with E-state index in [0.717, 1.165) is 11.1 Å². The number of carboxylic acids is 1. The summed E-state index contributed by atoms with van der Waals surface area (Å²) in [6.07, 6.45) is 1.64. The monoisotopic (exact) mass is 559 g/mol. The van der Waals surface area contributed by atoms with Crippen molar-refractivity contribution in [2.24, 2.45) is 0 Å². The van der Waals surface area contributed by atoms with Gasteiger partial charge in [0.2, 0.25) is 9.84 Å². The van der Waals surface area contributed by atoms with Crippen molar-refractivity contribution in [2.45, 2.75) is 34.5 Å². The molecule has 0 aliphatic rings. The van der Waals surface area contributed by atoms with Gasteiger partial charge in [0, 0.05) is 17.3 Å². The highest BCUT2D eigenvalue weighted by atomic mass is 32.2. The van der Waals surface area contributed by atoms with Crippen molar-refractivity contribution in [2.75, 3.05) is 20.8 Å². The highest BCUT2D eigenvalue weighted by Crippen LogP contribution is 2.36. The van der Waals surface area contributed by atoms with Gasteiger partial charge < -0.3 is 24.3 Å². The van der Waals surface area contributed by atoms with E-state index in [4.69, 9.17) is 19.3 Å². The first-order chi connectivity index (χ1) is 18.1. The minimum Gasteiger partial charge on any atom is -0.496 e. The smallest absolute Gasteiger partial charge is 0.341 e. The number of hydrogen-bond donors (Lipinski definition) is 2. The molecule has 0 spiro atoms. The van der Waals surface area contributed by atoms with Gasteiger partial charge in [-0.1, -0.05) is 0 Å². The Morgan fingerprint density at radius 3 is 2.42 bits per heavy atom. The molecule has 0 bridgehead atoms. The first kappa shape index (κ1) is 27.1. The van der Waals surface area contributed by atoms with E-state index in [2.05, 4.69) is 15.0 Å². The molecule has 0 saturated heterocycles. The number of H-pyrrole nitrogens is 1. The number of nitrogens with zero attached hydrogens (tertiary/aromatic N) is 2. The van der Waals surface area contributed by atoms with E-state index in [9.17, 15) is 17.4 Å². The molecule has 2 aromatic heterocycles. The number of pyridine rings is 1. The number of hydrogen-bond acceptors (Lipinski definition) is 9. The second-order valence-corrected chi connectivity index (χ2v) is 11.5. The van der Waals surface area contributed by atoms with Gasteiger partial charge in [0.25, 0.3) is 0 Å². The number of benzene rings is 2. The zero-order chi connectivity index (χ0) is 27.6. The second-order valence-electron chi connectivity index (χ2n) is 8.23. The van der Waals surface area contributed by atoms with Gasteiger partial charge in [-0.25, -0.2) is 18.2 Å². The highest BCUT2D eigenvalue weighted by molar-refractivity contribution is 7.91. The zero-order valence-electron chi connectivity index (χ0n) is 21.0. The lowest BCUT2D eigenvalue weighted by molar-refractivity contribution is -0.139. The lowest BCUT2D eigenvalue weighted by Crippen LogP contribution is -2.09. The molecule has 11 nitrogen and oxygen atoms in total. The predicted molar refractivity (Wildman–Crippen MR) is 138 cm³/mol. The van der Waals surface area contributed by atoms with E-state index in [1.54, 1.807) is 19.4 Å². The number of carbonyl (C=O) groups is 1. The van der Waals surface area contributed by atoms with Crippen molar-refractivity contribution in [3.05, 3.63) is 59.4 Å². The molecule has 0 amide bonds. The number of rotatable bonds is 10. The molecular formula is C25H25N3O8S2. The highest BCUT2D eigenvalue weighted by Gasteiger charge is 2.28. The SMILES string of the molecule is COc1ccc2[nH]c(S(=O)Cc3ncc(C)c(OC)c3C)nc2c1S(=O)(=O)c1ccc(OCC(=O)O)cc1. The van der Waals surface area contributed by atoms with Crippen molar-refractivity contribution >= 4 is 37.6 Å². The van der Waals surface area contributed by atoms with Crippen LogP contribution in [0.5, 0.6) is 17.2 Å². The maximum absolute atomic E-state index is 13.7. The molecule has 2 N–H and O–H groups in total. The van der Waals surface area contributed by atoms with E-state index < -0.39 is 33.2 Å². The van der Waals surface area contributed by atoms with Gasteiger partial charge >= 0.3 is 5.97 Å². The first-order valence-electron chi connectivity index (χ1n) is 11.2. The Kier molecular flexibility index (Phi) is 7.69. The number of aliphatic carboxylic acids is 1. The van der Waals surface area contributed by atoms with Crippen LogP contribution in [0, 0.1) is 13.8 Å². The van der Waals surface area contributed by atoms with Crippen LogP contribution >= 0.6 is 0 Å². The van der Waals surface area contributed by atoms with Crippen LogP contribution in [-0.2, 0) is 31.2 Å². The number of methoxy groups -OCH3 is 2. The standard InChI is InChI=1S/C25H25N3O8S2/c1-14-11-26-19(15(2)23(14)35-4)13-37(31)25-27-18-9-10-20(34-3)24(22(18)28-25)38(32,33)17-7-5-16(6-8-17)36-12-21(29)30/h5-11H,12-13H2,1-4H3,(H,27,28)(H,29,30). The summed E-state index contributed by atoms with van der Waals surface area (Å²) in [5, 5.41) is 8.85. The second kappa shape index (κ2) is 10.8. The van der Waals surface area contributed by atoms with E-state index in [-0.39, 0.29) is 37.7 Å². The van der Waals surface area contributed by atoms with E-state index in [1.807, 2.05) is 13.8 Å². The van der Waals surface area contributed by atoms with Crippen molar-refractivity contribution in [3.63, 3.8) is 0 Å². The fraction of sp³-hybridized carbons (Fsp3) is 0.240. The van der Waals surface area contributed by atoms with Gasteiger partial charge in [0.15, 0.2) is 11.8 Å². The van der Waals surface area contributed by atoms with Gasteiger partial charge in [-0.15, -0.1) is 0 Å². The Bertz CT molecular complexity index is 1650. The summed E-state index contributed by atoms with van der Waals surface area (Å²) in [6, 6.07) is 8.41. The fourth-order valence-electron chi connectivity index (χ4n) is 3.92. The van der Waals surface area contributed by atoms with Crippen LogP contribution in [-0.4, -0.2) is 59.5 Å². The molecule has 1 atom stereocenters. The summed E-state index contributed by atoms with van der Waals surface area (Å²) in [4.78, 5) is 22.2. The van der Waals surface area contributed by atoms with Crippen molar-refractivity contribution in [1.82, 2.24) is 15.0 Å². The Balaban J connectivity index is 1.72. The summed E-state index contributed by atoms with van der Waals surface area (Å²) in [5.41, 5.74) is 2.62. The Labute approximate surface area is 221 Å². The summed E-state index contributed by atoms with van der Waals surface area (Å²) >= 11 is 0. The minimum absolute atomic E-state index is 0.0410. The van der Waals surface area contributed by atoms with Gasteiger partial charge in [0.05, 0.1) is 46.9 Å². The number of nitrogens with one attached hydrogen (secondary N) is 1. The third-order valence-electron chi connectivity index (χ3n) is 5.77. The first-order valence-corrected chi connectivity index (χ1v) is 14.0. The molecule has 1 unspecified atom stereocenters. The number of carboxylic acid groups (broad SMARTS) is 1. The van der Waals surface area contributed by atoms with Gasteiger partial charge in [-0.3, -0.25) is 9.19 Å². The molecule has 0 saturated carbocycles. The minimum atomic E-state index is -4.16. The lowest BCUT2D eigenvalue weighted by atomic mass is 10.1. The Hall–Kier alpha value is -3.97. The molecule has 0 radical (unpaired) electrons. The molecule has 13 heteroatoms. The number of aromatic nitrogens is 3. The van der Waals surface area contributed by atoms with E-state index >= 15 is 0 Å². The van der Waals surface area contributed by atoms with E-state index in [0.29, 0.717) is 17.0 Å². The molecular weight excluding hydrogens is 534 g/mol. The number of imidazole rings is 1. The van der Waals surface area contributed by atoms with Crippen molar-refractivity contribution < 1.29 is 36.7 Å². The van der Waals surface area contributed by atoms with Crippen LogP contribution in [0.25, 0.3) is 11.0 Å². The van der Waals surface area contributed by atoms with Crippen molar-refractivity contribution in [3.8, 4) is 17.2 Å². The Morgan fingerprint density at radius 2 is 1.79 bits per heavy atom. The molecule has 38 heavy (non-hydrogen) atoms. The molecule has 2 heterocycles. The predicted octanol–water partition coefficient (Wildman–Crippen LogP) is 3.20. The van der Waals surface area contributed by atoms with Crippen LogP contribution < -0.4 is 14.2 Å². The average Bonchev–Trinajstić information content (AvgIpc) is 3.33. The topological polar surface area (TPSA) is 158 Å². The maximum Gasteiger partial charge on any atom is 0.341 e. The third-order valence-corrected chi connectivity index (χ3v) is 8.75. The number of aromatic amines is 1. The van der Waals surface area contributed by atoms with Gasteiger partial charge in [-0.2, -0.15) is 0 Å². The van der Waals surface area contributed by atoms with E-state index in [1.165, 1.54) is 37.4 Å². The van der Waals surface area contributed by atoms with Crippen molar-refractivity contribution in [1.29, 1.82) is 0 Å². The van der Waals surface area contributed by atoms with Crippen LogP contribution in [0.3, 0.4) is 0 Å². The molecule has 2 aromatic carbocycles.